The van der Waals surface area contributed by atoms with Gasteiger partial charge in [-0.15, -0.1) is 0 Å². The Bertz CT molecular complexity index is 1300. The second-order valence-electron chi connectivity index (χ2n) is 9.37. The molecule has 3 aromatic rings. The van der Waals surface area contributed by atoms with Gasteiger partial charge in [0, 0.05) is 13.1 Å². The fraction of sp³-hybridized carbons (Fsp3) is 0.310. The van der Waals surface area contributed by atoms with Crippen molar-refractivity contribution < 1.29 is 22.4 Å². The van der Waals surface area contributed by atoms with Gasteiger partial charge in [-0.1, -0.05) is 69.3 Å². The molecule has 1 N–H and O–H groups in total. The van der Waals surface area contributed by atoms with Crippen molar-refractivity contribution >= 4 is 27.5 Å². The first-order valence-corrected chi connectivity index (χ1v) is 14.0. The number of nitrogens with one attached hydrogen (secondary N) is 1. The number of carbonyl (C=O) groups is 2. The van der Waals surface area contributed by atoms with E-state index in [0.717, 1.165) is 4.31 Å². The maximum Gasteiger partial charge on any atom is 0.264 e. The Morgan fingerprint density at radius 3 is 2.03 bits per heavy atom. The van der Waals surface area contributed by atoms with Crippen molar-refractivity contribution in [3.63, 3.8) is 0 Å². The van der Waals surface area contributed by atoms with Crippen LogP contribution in [0, 0.1) is 11.7 Å². The molecule has 2 amide bonds. The molecule has 0 fully saturated rings. The van der Waals surface area contributed by atoms with Gasteiger partial charge in [-0.3, -0.25) is 13.9 Å². The number of anilines is 1. The van der Waals surface area contributed by atoms with E-state index in [-0.39, 0.29) is 23.3 Å². The summed E-state index contributed by atoms with van der Waals surface area (Å²) in [4.78, 5) is 28.5. The van der Waals surface area contributed by atoms with Gasteiger partial charge in [0.1, 0.15) is 18.4 Å². The number of carbonyl (C=O) groups excluding carboxylic acids is 2. The van der Waals surface area contributed by atoms with Crippen molar-refractivity contribution in [1.82, 2.24) is 10.2 Å². The summed E-state index contributed by atoms with van der Waals surface area (Å²) >= 11 is 0. The highest BCUT2D eigenvalue weighted by Crippen LogP contribution is 2.24. The van der Waals surface area contributed by atoms with E-state index in [9.17, 15) is 22.4 Å². The maximum atomic E-state index is 13.9. The summed E-state index contributed by atoms with van der Waals surface area (Å²) in [6.07, 6.45) is 0.313. The number of nitrogens with zero attached hydrogens (tertiary/aromatic N) is 2. The van der Waals surface area contributed by atoms with E-state index in [0.29, 0.717) is 24.2 Å². The predicted molar refractivity (Wildman–Crippen MR) is 146 cm³/mol. The van der Waals surface area contributed by atoms with Crippen LogP contribution in [0.2, 0.25) is 0 Å². The van der Waals surface area contributed by atoms with E-state index in [2.05, 4.69) is 5.32 Å². The molecule has 202 valence electrons. The average Bonchev–Trinajstić information content (AvgIpc) is 2.92. The monoisotopic (exact) mass is 539 g/mol. The van der Waals surface area contributed by atoms with Crippen LogP contribution in [0.4, 0.5) is 10.1 Å². The molecular weight excluding hydrogens is 505 g/mol. The molecule has 0 bridgehead atoms. The predicted octanol–water partition coefficient (Wildman–Crippen LogP) is 4.60. The lowest BCUT2D eigenvalue weighted by Gasteiger charge is -2.33. The Balaban J connectivity index is 2.00. The molecule has 7 nitrogen and oxygen atoms in total. The van der Waals surface area contributed by atoms with Gasteiger partial charge in [0.15, 0.2) is 0 Å². The number of para-hydroxylation sites is 1. The van der Waals surface area contributed by atoms with Crippen molar-refractivity contribution in [3.8, 4) is 0 Å². The van der Waals surface area contributed by atoms with Gasteiger partial charge in [0.25, 0.3) is 10.0 Å². The van der Waals surface area contributed by atoms with Gasteiger partial charge in [-0.2, -0.15) is 0 Å². The first-order chi connectivity index (χ1) is 18.1. The van der Waals surface area contributed by atoms with E-state index in [1.807, 2.05) is 13.8 Å². The average molecular weight is 540 g/mol. The van der Waals surface area contributed by atoms with Crippen LogP contribution in [0.3, 0.4) is 0 Å². The third-order valence-electron chi connectivity index (χ3n) is 5.99. The first-order valence-electron chi connectivity index (χ1n) is 12.6. The van der Waals surface area contributed by atoms with Crippen LogP contribution in [0.1, 0.15) is 32.8 Å². The Labute approximate surface area is 224 Å². The second-order valence-corrected chi connectivity index (χ2v) is 11.2. The number of amides is 2. The highest BCUT2D eigenvalue weighted by atomic mass is 32.2. The van der Waals surface area contributed by atoms with Crippen LogP contribution >= 0.6 is 0 Å². The molecule has 38 heavy (non-hydrogen) atoms. The molecule has 0 aromatic heterocycles. The highest BCUT2D eigenvalue weighted by Gasteiger charge is 2.33. The fourth-order valence-electron chi connectivity index (χ4n) is 3.97. The summed E-state index contributed by atoms with van der Waals surface area (Å²) in [6.45, 7) is 5.66. The molecule has 0 unspecified atom stereocenters. The summed E-state index contributed by atoms with van der Waals surface area (Å²) in [5, 5.41) is 2.88. The van der Waals surface area contributed by atoms with Crippen molar-refractivity contribution in [2.45, 2.75) is 44.7 Å². The minimum atomic E-state index is -4.10. The third kappa shape index (κ3) is 7.41. The first kappa shape index (κ1) is 28.8. The van der Waals surface area contributed by atoms with Crippen LogP contribution < -0.4 is 9.62 Å². The van der Waals surface area contributed by atoms with E-state index >= 15 is 0 Å². The number of halogens is 1. The molecule has 0 aliphatic rings. The fourth-order valence-corrected chi connectivity index (χ4v) is 5.41. The molecule has 0 saturated carbocycles. The normalized spacial score (nSPS) is 12.1. The Kier molecular flexibility index (Phi) is 10.0. The largest absolute Gasteiger partial charge is 0.354 e. The smallest absolute Gasteiger partial charge is 0.264 e. The van der Waals surface area contributed by atoms with Crippen LogP contribution in [-0.4, -0.2) is 44.3 Å². The number of hydrogen-bond acceptors (Lipinski definition) is 4. The molecule has 0 aliphatic carbocycles. The van der Waals surface area contributed by atoms with E-state index in [4.69, 9.17) is 0 Å². The molecule has 0 radical (unpaired) electrons. The summed E-state index contributed by atoms with van der Waals surface area (Å²) in [7, 11) is -4.10. The second kappa shape index (κ2) is 13.2. The summed E-state index contributed by atoms with van der Waals surface area (Å²) < 4.78 is 41.9. The van der Waals surface area contributed by atoms with Gasteiger partial charge < -0.3 is 10.2 Å². The maximum absolute atomic E-state index is 13.9. The number of sulfonamides is 1. The molecule has 1 atom stereocenters. The molecule has 9 heteroatoms. The van der Waals surface area contributed by atoms with Crippen LogP contribution in [0.15, 0.2) is 89.8 Å². The lowest BCUT2D eigenvalue weighted by Crippen LogP contribution is -2.52. The van der Waals surface area contributed by atoms with Crippen LogP contribution in [-0.2, 0) is 26.2 Å². The summed E-state index contributed by atoms with van der Waals surface area (Å²) in [5.41, 5.74) is 0.941. The van der Waals surface area contributed by atoms with Gasteiger partial charge in [-0.05, 0) is 54.3 Å². The summed E-state index contributed by atoms with van der Waals surface area (Å²) in [6, 6.07) is 21.1. The zero-order valence-electron chi connectivity index (χ0n) is 21.9. The van der Waals surface area contributed by atoms with Crippen molar-refractivity contribution in [2.24, 2.45) is 5.92 Å². The molecule has 0 saturated heterocycles. The molecule has 0 aliphatic heterocycles. The van der Waals surface area contributed by atoms with Crippen molar-refractivity contribution in [3.05, 3.63) is 96.3 Å². The zero-order chi connectivity index (χ0) is 27.7. The van der Waals surface area contributed by atoms with Gasteiger partial charge in [0.2, 0.25) is 11.8 Å². The van der Waals surface area contributed by atoms with Gasteiger partial charge >= 0.3 is 0 Å². The highest BCUT2D eigenvalue weighted by molar-refractivity contribution is 7.92. The molecular formula is C29H34FN3O4S. The lowest BCUT2D eigenvalue weighted by molar-refractivity contribution is -0.140. The topological polar surface area (TPSA) is 86.8 Å². The summed E-state index contributed by atoms with van der Waals surface area (Å²) in [5.74, 6) is -1.09. The lowest BCUT2D eigenvalue weighted by atomic mass is 10.1. The quantitative estimate of drug-likeness (QED) is 0.365. The minimum absolute atomic E-state index is 0.0146. The standard InChI is InChI=1S/C29H34FN3O4S/c1-4-27(29(35)31-19-22(2)3)32(20-23-15-17-24(30)18-16-23)28(34)21-33(25-11-7-5-8-12-25)38(36,37)26-13-9-6-10-14-26/h5-18,22,27H,4,19-21H2,1-3H3,(H,31,35)/t27-/m0/s1. The van der Waals surface area contributed by atoms with Crippen LogP contribution in [0.5, 0.6) is 0 Å². The third-order valence-corrected chi connectivity index (χ3v) is 7.78. The number of benzene rings is 3. The van der Waals surface area contributed by atoms with Crippen LogP contribution in [0.25, 0.3) is 0 Å². The molecule has 0 heterocycles. The number of rotatable bonds is 12. The Morgan fingerprint density at radius 1 is 0.895 bits per heavy atom. The van der Waals surface area contributed by atoms with Gasteiger partial charge in [-0.25, -0.2) is 12.8 Å². The minimum Gasteiger partial charge on any atom is -0.354 e. The van der Waals surface area contributed by atoms with E-state index < -0.39 is 34.3 Å². The van der Waals surface area contributed by atoms with E-state index in [1.54, 1.807) is 67.6 Å². The van der Waals surface area contributed by atoms with Crippen molar-refractivity contribution in [2.75, 3.05) is 17.4 Å². The van der Waals surface area contributed by atoms with Gasteiger partial charge in [0.05, 0.1) is 10.6 Å². The SMILES string of the molecule is CC[C@@H](C(=O)NCC(C)C)N(Cc1ccc(F)cc1)C(=O)CN(c1ccccc1)S(=O)(=O)c1ccccc1. The number of hydrogen-bond donors (Lipinski definition) is 1. The Morgan fingerprint density at radius 2 is 1.47 bits per heavy atom. The zero-order valence-corrected chi connectivity index (χ0v) is 22.7. The molecule has 0 spiro atoms. The van der Waals surface area contributed by atoms with E-state index in [1.165, 1.54) is 29.2 Å². The molecule has 3 rings (SSSR count). The molecule has 3 aromatic carbocycles. The van der Waals surface area contributed by atoms with Crippen molar-refractivity contribution in [1.29, 1.82) is 0 Å². The Hall–Kier alpha value is -3.72.